The molecule has 0 fully saturated rings. The largest absolute Gasteiger partial charge is 0.397 e. The van der Waals surface area contributed by atoms with Gasteiger partial charge in [0.25, 0.3) is 0 Å². The third kappa shape index (κ3) is 2.03. The number of hydrogen-bond donors (Lipinski definition) is 1. The molecule has 4 heteroatoms. The predicted octanol–water partition coefficient (Wildman–Crippen LogP) is 2.79. The van der Waals surface area contributed by atoms with Gasteiger partial charge in [-0.3, -0.25) is 0 Å². The Balaban J connectivity index is 1.67. The lowest BCUT2D eigenvalue weighted by Crippen LogP contribution is -2.20. The molecule has 21 heavy (non-hydrogen) atoms. The van der Waals surface area contributed by atoms with Crippen LogP contribution in [0.3, 0.4) is 0 Å². The van der Waals surface area contributed by atoms with Gasteiger partial charge in [-0.2, -0.15) is 0 Å². The Morgan fingerprint density at radius 1 is 1.19 bits per heavy atom. The van der Waals surface area contributed by atoms with E-state index in [2.05, 4.69) is 46.8 Å². The summed E-state index contributed by atoms with van der Waals surface area (Å²) in [5.74, 6) is 0. The fourth-order valence-electron chi connectivity index (χ4n) is 3.15. The average molecular weight is 278 g/mol. The molecule has 0 amide bonds. The van der Waals surface area contributed by atoms with Crippen LogP contribution < -0.4 is 10.6 Å². The minimum absolute atomic E-state index is 0.807. The summed E-state index contributed by atoms with van der Waals surface area (Å²) in [6.45, 7) is 3.91. The Hall–Kier alpha value is -2.49. The van der Waals surface area contributed by atoms with Crippen LogP contribution in [0.2, 0.25) is 0 Å². The number of fused-ring (bicyclic) bond motifs is 2. The van der Waals surface area contributed by atoms with Gasteiger partial charge < -0.3 is 15.0 Å². The molecule has 1 aliphatic heterocycles. The molecule has 0 saturated heterocycles. The molecular weight excluding hydrogens is 260 g/mol. The minimum Gasteiger partial charge on any atom is -0.397 e. The molecule has 0 saturated carbocycles. The van der Waals surface area contributed by atoms with Gasteiger partial charge in [0, 0.05) is 18.9 Å². The van der Waals surface area contributed by atoms with Gasteiger partial charge in [0.15, 0.2) is 0 Å². The van der Waals surface area contributed by atoms with Gasteiger partial charge in [-0.15, -0.1) is 0 Å². The second-order valence-electron chi connectivity index (χ2n) is 5.73. The number of nitrogens with zero attached hydrogens (tertiary/aromatic N) is 3. The van der Waals surface area contributed by atoms with Crippen molar-refractivity contribution in [2.24, 2.45) is 0 Å². The molecule has 1 aromatic carbocycles. The van der Waals surface area contributed by atoms with E-state index in [1.54, 1.807) is 0 Å². The molecule has 0 bridgehead atoms. The number of para-hydroxylation sites is 1. The van der Waals surface area contributed by atoms with Crippen LogP contribution in [0.1, 0.15) is 16.8 Å². The Kier molecular flexibility index (Phi) is 2.64. The van der Waals surface area contributed by atoms with Crippen LogP contribution in [0.25, 0.3) is 5.65 Å². The fraction of sp³-hybridized carbons (Fsp3) is 0.235. The SMILES string of the molecule is Cc1ccc2nc(CN3CCc4cccc(N)c43)cn2c1. The number of pyridine rings is 1. The molecule has 0 unspecified atom stereocenters. The lowest BCUT2D eigenvalue weighted by atomic mass is 10.1. The average Bonchev–Trinajstić information content (AvgIpc) is 3.03. The molecule has 0 spiro atoms. The summed E-state index contributed by atoms with van der Waals surface area (Å²) in [5.41, 5.74) is 12.9. The molecule has 2 aromatic heterocycles. The number of anilines is 2. The predicted molar refractivity (Wildman–Crippen MR) is 85.5 cm³/mol. The summed E-state index contributed by atoms with van der Waals surface area (Å²) in [7, 11) is 0. The number of aromatic nitrogens is 2. The van der Waals surface area contributed by atoms with E-state index in [0.29, 0.717) is 0 Å². The third-order valence-corrected chi connectivity index (χ3v) is 4.12. The van der Waals surface area contributed by atoms with Crippen molar-refractivity contribution in [3.05, 3.63) is 59.5 Å². The molecule has 0 radical (unpaired) electrons. The number of aryl methyl sites for hydroxylation is 1. The van der Waals surface area contributed by atoms with Crippen LogP contribution in [-0.4, -0.2) is 15.9 Å². The molecule has 4 rings (SSSR count). The molecule has 0 aliphatic carbocycles. The number of benzene rings is 1. The topological polar surface area (TPSA) is 46.6 Å². The van der Waals surface area contributed by atoms with Crippen molar-refractivity contribution in [1.82, 2.24) is 9.38 Å². The Bertz CT molecular complexity index is 819. The molecule has 106 valence electrons. The van der Waals surface area contributed by atoms with E-state index in [1.165, 1.54) is 16.8 Å². The van der Waals surface area contributed by atoms with Crippen LogP contribution in [0.15, 0.2) is 42.7 Å². The minimum atomic E-state index is 0.807. The van der Waals surface area contributed by atoms with Gasteiger partial charge in [-0.1, -0.05) is 18.2 Å². The number of nitrogen functional groups attached to an aromatic ring is 1. The molecule has 2 N–H and O–H groups in total. The zero-order valence-corrected chi connectivity index (χ0v) is 12.1. The second-order valence-corrected chi connectivity index (χ2v) is 5.73. The van der Waals surface area contributed by atoms with Crippen LogP contribution in [0, 0.1) is 6.92 Å². The van der Waals surface area contributed by atoms with Gasteiger partial charge in [-0.05, 0) is 36.6 Å². The summed E-state index contributed by atoms with van der Waals surface area (Å²) in [5, 5.41) is 0. The van der Waals surface area contributed by atoms with Crippen molar-refractivity contribution in [3.8, 4) is 0 Å². The molecular formula is C17H18N4. The normalized spacial score (nSPS) is 13.9. The van der Waals surface area contributed by atoms with E-state index in [0.717, 1.165) is 36.5 Å². The highest BCUT2D eigenvalue weighted by molar-refractivity contribution is 5.74. The van der Waals surface area contributed by atoms with Crippen LogP contribution in [0.4, 0.5) is 11.4 Å². The quantitative estimate of drug-likeness (QED) is 0.733. The number of rotatable bonds is 2. The standard InChI is InChI=1S/C17H18N4/c1-12-5-6-16-19-14(11-21(16)9-12)10-20-8-7-13-3-2-4-15(18)17(13)20/h2-6,9,11H,7-8,10,18H2,1H3. The van der Waals surface area contributed by atoms with Gasteiger partial charge in [-0.25, -0.2) is 4.98 Å². The van der Waals surface area contributed by atoms with Gasteiger partial charge in [0.2, 0.25) is 0 Å². The van der Waals surface area contributed by atoms with Crippen molar-refractivity contribution in [2.45, 2.75) is 19.9 Å². The zero-order valence-electron chi connectivity index (χ0n) is 12.1. The summed E-state index contributed by atoms with van der Waals surface area (Å²) >= 11 is 0. The highest BCUT2D eigenvalue weighted by Crippen LogP contribution is 2.34. The van der Waals surface area contributed by atoms with E-state index in [9.17, 15) is 0 Å². The first kappa shape index (κ1) is 12.3. The van der Waals surface area contributed by atoms with Gasteiger partial charge >= 0.3 is 0 Å². The maximum absolute atomic E-state index is 6.14. The molecule has 3 heterocycles. The maximum atomic E-state index is 6.14. The number of hydrogen-bond acceptors (Lipinski definition) is 3. The summed E-state index contributed by atoms with van der Waals surface area (Å²) in [6.07, 6.45) is 5.28. The molecule has 3 aromatic rings. The summed E-state index contributed by atoms with van der Waals surface area (Å²) in [4.78, 5) is 7.03. The smallest absolute Gasteiger partial charge is 0.137 e. The van der Waals surface area contributed by atoms with E-state index < -0.39 is 0 Å². The Morgan fingerprint density at radius 3 is 3.00 bits per heavy atom. The summed E-state index contributed by atoms with van der Waals surface area (Å²) in [6, 6.07) is 10.3. The van der Waals surface area contributed by atoms with E-state index in [4.69, 9.17) is 10.7 Å². The first-order valence-electron chi connectivity index (χ1n) is 7.27. The molecule has 1 aliphatic rings. The van der Waals surface area contributed by atoms with Crippen LogP contribution in [0.5, 0.6) is 0 Å². The lowest BCUT2D eigenvalue weighted by molar-refractivity contribution is 0.821. The van der Waals surface area contributed by atoms with Gasteiger partial charge in [0.1, 0.15) is 5.65 Å². The van der Waals surface area contributed by atoms with Crippen molar-refractivity contribution in [1.29, 1.82) is 0 Å². The highest BCUT2D eigenvalue weighted by Gasteiger charge is 2.22. The first-order valence-corrected chi connectivity index (χ1v) is 7.27. The summed E-state index contributed by atoms with van der Waals surface area (Å²) < 4.78 is 2.09. The third-order valence-electron chi connectivity index (χ3n) is 4.12. The Morgan fingerprint density at radius 2 is 2.10 bits per heavy atom. The second kappa shape index (κ2) is 4.52. The van der Waals surface area contributed by atoms with Crippen molar-refractivity contribution >= 4 is 17.0 Å². The molecule has 0 atom stereocenters. The van der Waals surface area contributed by atoms with Crippen molar-refractivity contribution in [2.75, 3.05) is 17.2 Å². The maximum Gasteiger partial charge on any atom is 0.137 e. The van der Waals surface area contributed by atoms with Crippen LogP contribution in [-0.2, 0) is 13.0 Å². The molecule has 4 nitrogen and oxygen atoms in total. The first-order chi connectivity index (χ1) is 10.2. The van der Waals surface area contributed by atoms with E-state index in [-0.39, 0.29) is 0 Å². The van der Waals surface area contributed by atoms with Crippen LogP contribution >= 0.6 is 0 Å². The lowest BCUT2D eigenvalue weighted by Gasteiger charge is -2.19. The Labute approximate surface area is 123 Å². The van der Waals surface area contributed by atoms with E-state index >= 15 is 0 Å². The van der Waals surface area contributed by atoms with Crippen molar-refractivity contribution in [3.63, 3.8) is 0 Å². The van der Waals surface area contributed by atoms with Crippen molar-refractivity contribution < 1.29 is 0 Å². The highest BCUT2D eigenvalue weighted by atomic mass is 15.2. The fourth-order valence-corrected chi connectivity index (χ4v) is 3.15. The number of imidazole rings is 1. The zero-order chi connectivity index (χ0) is 14.4. The number of nitrogens with two attached hydrogens (primary N) is 1. The van der Waals surface area contributed by atoms with E-state index in [1.807, 2.05) is 12.1 Å². The monoisotopic (exact) mass is 278 g/mol. The van der Waals surface area contributed by atoms with Gasteiger partial charge in [0.05, 0.1) is 23.6 Å².